The molecule has 0 aliphatic carbocycles. The van der Waals surface area contributed by atoms with Crippen LogP contribution in [0.5, 0.6) is 0 Å². The molecule has 1 heterocycles. The Balaban J connectivity index is 0. The number of aliphatic hydroxyl groups excluding tert-OH is 1. The summed E-state index contributed by atoms with van der Waals surface area (Å²) in [6, 6.07) is 2.31. The Morgan fingerprint density at radius 3 is 2.07 bits per heavy atom. The molecular formula is C27H44N2O. The van der Waals surface area contributed by atoms with E-state index in [0.29, 0.717) is 12.0 Å². The van der Waals surface area contributed by atoms with Crippen molar-refractivity contribution in [1.82, 2.24) is 4.90 Å². The minimum absolute atomic E-state index is 0.0636. The molecule has 0 amide bonds. The molecule has 0 atom stereocenters. The zero-order chi connectivity index (χ0) is 23.6. The molecule has 0 aromatic rings. The molecule has 0 bridgehead atoms. The number of allylic oxidation sites excluding steroid dienone is 4. The van der Waals surface area contributed by atoms with Gasteiger partial charge in [0.25, 0.3) is 0 Å². The number of rotatable bonds is 9. The van der Waals surface area contributed by atoms with Crippen molar-refractivity contribution in [3.05, 3.63) is 72.9 Å². The van der Waals surface area contributed by atoms with E-state index in [1.165, 1.54) is 6.42 Å². The van der Waals surface area contributed by atoms with E-state index in [2.05, 4.69) is 58.1 Å². The highest BCUT2D eigenvalue weighted by Crippen LogP contribution is 2.34. The van der Waals surface area contributed by atoms with E-state index < -0.39 is 0 Å². The summed E-state index contributed by atoms with van der Waals surface area (Å²) in [7, 11) is 0. The van der Waals surface area contributed by atoms with Crippen molar-refractivity contribution in [3.63, 3.8) is 0 Å². The highest BCUT2D eigenvalue weighted by Gasteiger charge is 2.29. The third-order valence-corrected chi connectivity index (χ3v) is 4.73. The lowest BCUT2D eigenvalue weighted by Gasteiger charge is -2.38. The lowest BCUT2D eigenvalue weighted by Crippen LogP contribution is -2.39. The summed E-state index contributed by atoms with van der Waals surface area (Å²) in [6.45, 7) is 29.0. The molecule has 1 N–H and O–H groups in total. The summed E-state index contributed by atoms with van der Waals surface area (Å²) in [6.07, 6.45) is 11.3. The monoisotopic (exact) mass is 412 g/mol. The minimum Gasteiger partial charge on any atom is -0.392 e. The van der Waals surface area contributed by atoms with Crippen LogP contribution in [0.4, 0.5) is 0 Å². The first-order chi connectivity index (χ1) is 14.2. The Kier molecular flexibility index (Phi) is 17.7. The molecule has 0 spiro atoms. The topological polar surface area (TPSA) is 47.3 Å². The molecule has 0 unspecified atom stereocenters. The van der Waals surface area contributed by atoms with Crippen molar-refractivity contribution in [1.29, 1.82) is 5.26 Å². The van der Waals surface area contributed by atoms with Gasteiger partial charge in [-0.05, 0) is 59.7 Å². The number of piperidine rings is 1. The van der Waals surface area contributed by atoms with E-state index in [4.69, 9.17) is 10.4 Å². The SMILES string of the molecule is C=C/C(=C\C(=C)C(=C)/C=C\C(=C)CN1CCC(C)(CC#N)CC1)CO.CC.CCC. The molecule has 1 rings (SSSR count). The quantitative estimate of drug-likeness (QED) is 0.425. The first-order valence-corrected chi connectivity index (χ1v) is 11.0. The average Bonchev–Trinajstić information content (AvgIpc) is 2.74. The molecular weight excluding hydrogens is 368 g/mol. The molecule has 1 saturated heterocycles. The highest BCUT2D eigenvalue weighted by atomic mass is 16.3. The number of hydrogen-bond donors (Lipinski definition) is 1. The second-order valence-electron chi connectivity index (χ2n) is 7.75. The Labute approximate surface area is 186 Å². The number of nitriles is 1. The second kappa shape index (κ2) is 17.7. The van der Waals surface area contributed by atoms with E-state index >= 15 is 0 Å². The average molecular weight is 413 g/mol. The molecule has 0 saturated carbocycles. The van der Waals surface area contributed by atoms with Gasteiger partial charge in [-0.1, -0.05) is 85.6 Å². The molecule has 0 aromatic heterocycles. The van der Waals surface area contributed by atoms with E-state index in [1.807, 2.05) is 26.0 Å². The number of nitrogens with zero attached hydrogens (tertiary/aromatic N) is 2. The van der Waals surface area contributed by atoms with Gasteiger partial charge in [0.1, 0.15) is 0 Å². The van der Waals surface area contributed by atoms with Crippen LogP contribution in [0.3, 0.4) is 0 Å². The predicted molar refractivity (Wildman–Crippen MR) is 133 cm³/mol. The number of aliphatic hydroxyl groups is 1. The third kappa shape index (κ3) is 13.1. The summed E-state index contributed by atoms with van der Waals surface area (Å²) < 4.78 is 0. The van der Waals surface area contributed by atoms with Crippen LogP contribution in [0.2, 0.25) is 0 Å². The van der Waals surface area contributed by atoms with Gasteiger partial charge in [0.05, 0.1) is 12.7 Å². The number of hydrogen-bond acceptors (Lipinski definition) is 3. The van der Waals surface area contributed by atoms with Crippen LogP contribution in [-0.2, 0) is 0 Å². The molecule has 168 valence electrons. The van der Waals surface area contributed by atoms with Crippen LogP contribution in [0.25, 0.3) is 0 Å². The normalized spacial score (nSPS) is 15.7. The summed E-state index contributed by atoms with van der Waals surface area (Å²) in [5.41, 5.74) is 3.43. The largest absolute Gasteiger partial charge is 0.392 e. The van der Waals surface area contributed by atoms with Crippen molar-refractivity contribution < 1.29 is 5.11 Å². The molecule has 3 heteroatoms. The molecule has 0 radical (unpaired) electrons. The fourth-order valence-electron chi connectivity index (χ4n) is 2.77. The van der Waals surface area contributed by atoms with Crippen LogP contribution in [0.1, 0.15) is 60.3 Å². The van der Waals surface area contributed by atoms with Crippen LogP contribution < -0.4 is 0 Å². The van der Waals surface area contributed by atoms with Gasteiger partial charge in [-0.25, -0.2) is 0 Å². The lowest BCUT2D eigenvalue weighted by molar-refractivity contribution is 0.130. The molecule has 1 fully saturated rings. The van der Waals surface area contributed by atoms with Crippen molar-refractivity contribution >= 4 is 0 Å². The van der Waals surface area contributed by atoms with Crippen LogP contribution in [0, 0.1) is 16.7 Å². The summed E-state index contributed by atoms with van der Waals surface area (Å²) >= 11 is 0. The number of likely N-dealkylation sites (tertiary alicyclic amines) is 1. The molecule has 0 aromatic carbocycles. The maximum Gasteiger partial charge on any atom is 0.0681 e. The van der Waals surface area contributed by atoms with Gasteiger partial charge in [0.2, 0.25) is 0 Å². The second-order valence-corrected chi connectivity index (χ2v) is 7.75. The smallest absolute Gasteiger partial charge is 0.0681 e. The Bertz CT molecular complexity index is 638. The fraction of sp³-hybridized carbons (Fsp3) is 0.519. The standard InChI is InChI=1S/C22H30N2O.C3H8.C2H6/c1-6-21(17-25)15-20(4)19(3)8-7-18(2)16-24-13-10-22(5,9-12-23)11-14-24;1-3-2;1-2/h6-8,15,25H,1-4,9-11,13-14,16-17H2,5H3;3H2,1-2H3;1-2H3/b8-7-,21-15+;;. The van der Waals surface area contributed by atoms with Gasteiger partial charge in [0.15, 0.2) is 0 Å². The maximum absolute atomic E-state index is 9.16. The fourth-order valence-corrected chi connectivity index (χ4v) is 2.77. The Hall–Kier alpha value is -2.15. The van der Waals surface area contributed by atoms with Gasteiger partial charge in [-0.15, -0.1) is 0 Å². The van der Waals surface area contributed by atoms with Crippen molar-refractivity contribution in [3.8, 4) is 6.07 Å². The molecule has 1 aliphatic heterocycles. The molecule has 1 aliphatic rings. The van der Waals surface area contributed by atoms with Gasteiger partial charge in [-0.3, -0.25) is 4.90 Å². The predicted octanol–water partition coefficient (Wildman–Crippen LogP) is 6.77. The van der Waals surface area contributed by atoms with Crippen molar-refractivity contribution in [2.45, 2.75) is 60.3 Å². The van der Waals surface area contributed by atoms with Crippen molar-refractivity contribution in [2.75, 3.05) is 26.2 Å². The highest BCUT2D eigenvalue weighted by molar-refractivity contribution is 5.46. The van der Waals surface area contributed by atoms with E-state index in [9.17, 15) is 0 Å². The first-order valence-electron chi connectivity index (χ1n) is 11.0. The van der Waals surface area contributed by atoms with E-state index in [1.54, 1.807) is 12.2 Å². The van der Waals surface area contributed by atoms with Crippen molar-refractivity contribution in [2.24, 2.45) is 5.41 Å². The maximum atomic E-state index is 9.16. The van der Waals surface area contributed by atoms with Gasteiger partial charge < -0.3 is 5.11 Å². The van der Waals surface area contributed by atoms with Crippen LogP contribution >= 0.6 is 0 Å². The van der Waals surface area contributed by atoms with E-state index in [-0.39, 0.29) is 12.0 Å². The third-order valence-electron chi connectivity index (χ3n) is 4.73. The summed E-state index contributed by atoms with van der Waals surface area (Å²) in [4.78, 5) is 2.38. The minimum atomic E-state index is -0.0636. The van der Waals surface area contributed by atoms with Crippen LogP contribution in [0.15, 0.2) is 72.9 Å². The summed E-state index contributed by atoms with van der Waals surface area (Å²) in [5.74, 6) is 0. The summed E-state index contributed by atoms with van der Waals surface area (Å²) in [5, 5.41) is 18.1. The molecule has 30 heavy (non-hydrogen) atoms. The van der Waals surface area contributed by atoms with E-state index in [0.717, 1.165) is 49.2 Å². The van der Waals surface area contributed by atoms with Gasteiger partial charge in [0, 0.05) is 13.0 Å². The lowest BCUT2D eigenvalue weighted by atomic mass is 9.78. The Morgan fingerprint density at radius 2 is 1.63 bits per heavy atom. The molecule has 3 nitrogen and oxygen atoms in total. The Morgan fingerprint density at radius 1 is 1.10 bits per heavy atom. The van der Waals surface area contributed by atoms with Gasteiger partial charge in [-0.2, -0.15) is 5.26 Å². The van der Waals surface area contributed by atoms with Gasteiger partial charge >= 0.3 is 0 Å². The first kappa shape index (κ1) is 30.0. The van der Waals surface area contributed by atoms with Crippen LogP contribution in [-0.4, -0.2) is 36.2 Å². The zero-order valence-electron chi connectivity index (χ0n) is 20.1. The zero-order valence-corrected chi connectivity index (χ0v) is 20.1.